The SMILES string of the molecule is CC(C)C[C@@H]1NC(=O)[C@H](CC(C)C)N(C)C(=O)CN(C)C(=O)[C@H]([C@@H](C)O)NC(=O)[C@H]([C@H](O)[C@H](C)CCN(C)Cc2ccnn2C)N(C)C(=O)[C@H](C(C)C)N(C)C(=O)[C@@H](CC(C)C)NC(=O)[C@H](CC(C)C)N(C)C(=O)[C@@H](C(C)C)OC(=O)[C@H](C)NC(=O)[C@H](CC(C)C)N(C)C1=O. The quantitative estimate of drug-likeness (QED) is 0.102. The summed E-state index contributed by atoms with van der Waals surface area (Å²) in [6.07, 6.45) is -2.27. The zero-order valence-electron chi connectivity index (χ0n) is 61.9. The van der Waals surface area contributed by atoms with E-state index in [2.05, 4.69) is 26.4 Å². The molecule has 27 heteroatoms. The van der Waals surface area contributed by atoms with Gasteiger partial charge in [-0.2, -0.15) is 5.10 Å². The molecule has 0 radical (unpaired) electrons. The summed E-state index contributed by atoms with van der Waals surface area (Å²) in [5.74, 6) is -11.7. The summed E-state index contributed by atoms with van der Waals surface area (Å²) in [5, 5.41) is 39.1. The number of hydrogen-bond donors (Lipinski definition) is 6. The van der Waals surface area contributed by atoms with Crippen molar-refractivity contribution in [3.63, 3.8) is 0 Å². The number of likely N-dealkylation sites (N-methyl/N-ethyl adjacent to an activating group) is 6. The third kappa shape index (κ3) is 24.7. The Morgan fingerprint density at radius 3 is 1.38 bits per heavy atom. The van der Waals surface area contributed by atoms with Gasteiger partial charge in [-0.05, 0) is 119 Å². The molecular weight excluding hydrogens is 1220 g/mol. The Kier molecular flexibility index (Phi) is 34.0. The molecule has 0 spiro atoms. The minimum absolute atomic E-state index is 0.0705. The summed E-state index contributed by atoms with van der Waals surface area (Å²) in [6, 6.07) is -10.5. The zero-order chi connectivity index (χ0) is 73.1. The minimum Gasteiger partial charge on any atom is -0.450 e. The van der Waals surface area contributed by atoms with Crippen molar-refractivity contribution in [3.05, 3.63) is 18.0 Å². The fraction of sp³-hybridized carbons (Fsp3) is 0.794. The molecule has 13 atom stereocenters. The van der Waals surface area contributed by atoms with Crippen LogP contribution in [-0.2, 0) is 71.1 Å². The second kappa shape index (κ2) is 38.3. The summed E-state index contributed by atoms with van der Waals surface area (Å²) in [4.78, 5) is 171. The molecule has 6 N–H and O–H groups in total. The van der Waals surface area contributed by atoms with E-state index in [1.165, 1.54) is 70.8 Å². The molecule has 0 aromatic carbocycles. The Labute approximate surface area is 566 Å². The summed E-state index contributed by atoms with van der Waals surface area (Å²) in [6.45, 7) is 29.7. The fourth-order valence-corrected chi connectivity index (χ4v) is 11.8. The Balaban J connectivity index is 3.04. The first kappa shape index (κ1) is 84.3. The highest BCUT2D eigenvalue weighted by atomic mass is 16.6. The van der Waals surface area contributed by atoms with Gasteiger partial charge in [-0.1, -0.05) is 104 Å². The lowest BCUT2D eigenvalue weighted by Gasteiger charge is -2.40. The van der Waals surface area contributed by atoms with Crippen molar-refractivity contribution in [3.8, 4) is 0 Å². The number of aliphatic hydroxyl groups excluding tert-OH is 2. The highest BCUT2D eigenvalue weighted by molar-refractivity contribution is 5.99. The van der Waals surface area contributed by atoms with Gasteiger partial charge in [0.25, 0.3) is 5.91 Å². The largest absolute Gasteiger partial charge is 0.450 e. The van der Waals surface area contributed by atoms with Gasteiger partial charge >= 0.3 is 5.97 Å². The molecule has 27 nitrogen and oxygen atoms in total. The Morgan fingerprint density at radius 2 is 0.958 bits per heavy atom. The zero-order valence-corrected chi connectivity index (χ0v) is 61.9. The standard InChI is InChI=1S/C68H121N13O14/c1-37(2)30-48-63(89)77(21)51(33-40(7)8)59(85)70-45(16)68(94)95-58(43(13)14)67(93)78(22)52(34-41(9)10)61(87)72-49(31-38(3)4)64(90)79(23)55(42(11)12)66(92)80(24)56(57(84)44(15)27-29-74(18)35-47-26-28-69-81(47)25)62(88)73-54(46(17)82)65(91)75(19)36-53(83)76(20)50(32-39(5)6)60(86)71-48/h26,28,37-46,48-52,54-58,82,84H,27,29-36H2,1-25H3,(H,70,85)(H,71,86)(H,72,87)(H,73,88)/t44-,45+,46-,48+,49-,50+,51+,52+,54+,55+,56+,57-,58-/m1/s1. The number of aliphatic hydroxyl groups is 2. The van der Waals surface area contributed by atoms with Gasteiger partial charge in [0.15, 0.2) is 6.10 Å². The van der Waals surface area contributed by atoms with Gasteiger partial charge in [0, 0.05) is 62.1 Å². The monoisotopic (exact) mass is 1340 g/mol. The van der Waals surface area contributed by atoms with Crippen LogP contribution in [0, 0.1) is 47.3 Å². The maximum absolute atomic E-state index is 15.4. The van der Waals surface area contributed by atoms with Crippen molar-refractivity contribution in [2.75, 3.05) is 62.4 Å². The number of cyclic esters (lactones) is 1. The van der Waals surface area contributed by atoms with Crippen LogP contribution in [0.4, 0.5) is 0 Å². The summed E-state index contributed by atoms with van der Waals surface area (Å²) in [5.41, 5.74) is 0.915. The average Bonchev–Trinajstić information content (AvgIpc) is 1.12. The molecule has 1 aliphatic rings. The van der Waals surface area contributed by atoms with Crippen molar-refractivity contribution < 1.29 is 67.7 Å². The fourth-order valence-electron chi connectivity index (χ4n) is 11.8. The molecule has 1 aliphatic heterocycles. The van der Waals surface area contributed by atoms with E-state index < -0.39 is 162 Å². The number of carbonyl (C=O) groups excluding carboxylic acids is 11. The molecule has 1 saturated heterocycles. The second-order valence-electron chi connectivity index (χ2n) is 29.4. The molecule has 2 heterocycles. The lowest BCUT2D eigenvalue weighted by molar-refractivity contribution is -0.166. The lowest BCUT2D eigenvalue weighted by atomic mass is 9.91. The molecule has 0 saturated carbocycles. The first-order chi connectivity index (χ1) is 43.9. The smallest absolute Gasteiger partial charge is 0.329 e. The van der Waals surface area contributed by atoms with Crippen LogP contribution in [0.5, 0.6) is 0 Å². The molecule has 0 bridgehead atoms. The predicted molar refractivity (Wildman–Crippen MR) is 362 cm³/mol. The van der Waals surface area contributed by atoms with Crippen LogP contribution in [0.15, 0.2) is 12.3 Å². The number of rotatable bonds is 20. The second-order valence-corrected chi connectivity index (χ2v) is 29.4. The molecular formula is C68H121N13O14. The van der Waals surface area contributed by atoms with Crippen molar-refractivity contribution in [1.29, 1.82) is 0 Å². The van der Waals surface area contributed by atoms with Crippen molar-refractivity contribution >= 4 is 65.0 Å². The third-order valence-corrected chi connectivity index (χ3v) is 17.6. The topological polar surface area (TPSA) is 326 Å². The molecule has 1 aromatic rings. The van der Waals surface area contributed by atoms with Gasteiger partial charge in [0.2, 0.25) is 53.2 Å². The average molecular weight is 1340 g/mol. The van der Waals surface area contributed by atoms with Crippen LogP contribution in [0.25, 0.3) is 0 Å². The molecule has 1 fully saturated rings. The maximum Gasteiger partial charge on any atom is 0.329 e. The van der Waals surface area contributed by atoms with Crippen LogP contribution in [-0.4, -0.2) is 254 Å². The van der Waals surface area contributed by atoms with Gasteiger partial charge in [0.05, 0.1) is 24.4 Å². The molecule has 542 valence electrons. The lowest BCUT2D eigenvalue weighted by Crippen LogP contribution is -2.64. The minimum atomic E-state index is -1.78. The first-order valence-corrected chi connectivity index (χ1v) is 33.9. The summed E-state index contributed by atoms with van der Waals surface area (Å²) >= 11 is 0. The summed E-state index contributed by atoms with van der Waals surface area (Å²) in [7, 11) is 11.8. The number of nitrogens with one attached hydrogen (secondary N) is 4. The van der Waals surface area contributed by atoms with Crippen LogP contribution < -0.4 is 21.3 Å². The number of hydrogen-bond acceptors (Lipinski definition) is 16. The molecule has 10 amide bonds. The molecule has 2 rings (SSSR count). The van der Waals surface area contributed by atoms with Crippen LogP contribution in [0.3, 0.4) is 0 Å². The van der Waals surface area contributed by atoms with Gasteiger partial charge in [-0.15, -0.1) is 0 Å². The number of nitrogens with zero attached hydrogens (tertiary/aromatic N) is 9. The Bertz CT molecular complexity index is 2730. The maximum atomic E-state index is 15.4. The van der Waals surface area contributed by atoms with Gasteiger partial charge in [-0.3, -0.25) is 52.6 Å². The van der Waals surface area contributed by atoms with E-state index in [-0.39, 0.29) is 61.7 Å². The van der Waals surface area contributed by atoms with E-state index in [0.29, 0.717) is 19.5 Å². The number of carbonyl (C=O) groups is 11. The van der Waals surface area contributed by atoms with Gasteiger partial charge in [0.1, 0.15) is 54.4 Å². The predicted octanol–water partition coefficient (Wildman–Crippen LogP) is 2.64. The number of aryl methyl sites for hydroxylation is 1. The highest BCUT2D eigenvalue weighted by Crippen LogP contribution is 2.25. The van der Waals surface area contributed by atoms with Gasteiger partial charge in [-0.25, -0.2) is 4.79 Å². The molecule has 1 aromatic heterocycles. The van der Waals surface area contributed by atoms with Crippen molar-refractivity contribution in [2.45, 2.75) is 235 Å². The van der Waals surface area contributed by atoms with Crippen molar-refractivity contribution in [1.82, 2.24) is 65.3 Å². The normalized spacial score (nSPS) is 25.6. The number of aromatic nitrogens is 2. The van der Waals surface area contributed by atoms with E-state index in [4.69, 9.17) is 4.74 Å². The van der Waals surface area contributed by atoms with Crippen LogP contribution >= 0.6 is 0 Å². The molecule has 0 unspecified atom stereocenters. The number of esters is 1. The Morgan fingerprint density at radius 1 is 0.526 bits per heavy atom. The summed E-state index contributed by atoms with van der Waals surface area (Å²) < 4.78 is 7.65. The number of ether oxygens (including phenoxy) is 1. The van der Waals surface area contributed by atoms with Crippen molar-refractivity contribution in [2.24, 2.45) is 54.4 Å². The van der Waals surface area contributed by atoms with Crippen LogP contribution in [0.1, 0.15) is 162 Å². The first-order valence-electron chi connectivity index (χ1n) is 33.9. The third-order valence-electron chi connectivity index (χ3n) is 17.6. The Hall–Kier alpha value is -6.74. The number of amides is 10. The van der Waals surface area contributed by atoms with E-state index in [1.54, 1.807) is 45.5 Å². The highest BCUT2D eigenvalue weighted by Gasteiger charge is 2.46. The van der Waals surface area contributed by atoms with E-state index in [9.17, 15) is 48.6 Å². The van der Waals surface area contributed by atoms with Gasteiger partial charge < -0.3 is 70.5 Å². The van der Waals surface area contributed by atoms with E-state index >= 15 is 14.4 Å². The van der Waals surface area contributed by atoms with Crippen LogP contribution in [0.2, 0.25) is 0 Å². The molecule has 95 heavy (non-hydrogen) atoms. The van der Waals surface area contributed by atoms with E-state index in [1.807, 2.05) is 94.3 Å². The van der Waals surface area contributed by atoms with E-state index in [0.717, 1.165) is 20.4 Å². The molecule has 0 aliphatic carbocycles.